The summed E-state index contributed by atoms with van der Waals surface area (Å²) in [6.07, 6.45) is 49.7. The summed E-state index contributed by atoms with van der Waals surface area (Å²) in [5.41, 5.74) is 0. The van der Waals surface area contributed by atoms with Crippen LogP contribution in [0.5, 0.6) is 0 Å². The zero-order chi connectivity index (χ0) is 31.2. The quantitative estimate of drug-likeness (QED) is 0.0261. The molecular weight excluding hydrogens is 691 g/mol. The molecule has 0 aromatic carbocycles. The van der Waals surface area contributed by atoms with Gasteiger partial charge in [-0.1, -0.05) is 155 Å². The van der Waals surface area contributed by atoms with Crippen LogP contribution in [0.15, 0.2) is 48.6 Å². The average Bonchev–Trinajstić information content (AvgIpc) is 2.96. The van der Waals surface area contributed by atoms with E-state index in [1.165, 1.54) is 127 Å². The second-order valence-electron chi connectivity index (χ2n) is 11.4. The molecule has 0 atom stereocenters. The molecule has 0 rings (SSSR count). The molecular formula is C37H69Br2LiO3S. The van der Waals surface area contributed by atoms with Crippen molar-refractivity contribution in [3.8, 4) is 0 Å². The summed E-state index contributed by atoms with van der Waals surface area (Å²) >= 11 is 3.48. The van der Waals surface area contributed by atoms with Crippen LogP contribution in [-0.4, -0.2) is 26.6 Å². The van der Waals surface area contributed by atoms with Crippen LogP contribution >= 0.6 is 15.9 Å². The molecule has 0 aliphatic rings. The van der Waals surface area contributed by atoms with Crippen molar-refractivity contribution in [2.75, 3.05) is 18.2 Å². The van der Waals surface area contributed by atoms with Crippen molar-refractivity contribution in [3.05, 3.63) is 48.6 Å². The van der Waals surface area contributed by atoms with Gasteiger partial charge in [-0.05, 0) is 77.0 Å². The summed E-state index contributed by atoms with van der Waals surface area (Å²) in [5, 5.41) is 1.17. The Morgan fingerprint density at radius 3 is 1.16 bits per heavy atom. The Kier molecular flexibility index (Phi) is 53.1. The van der Waals surface area contributed by atoms with Crippen LogP contribution in [0.25, 0.3) is 0 Å². The fourth-order valence-corrected chi connectivity index (χ4v) is 5.20. The number of hydrogen-bond donors (Lipinski definition) is 0. The second-order valence-corrected chi connectivity index (χ2v) is 13.8. The molecule has 0 bridgehead atoms. The van der Waals surface area contributed by atoms with E-state index in [0.717, 1.165) is 38.4 Å². The molecule has 44 heavy (non-hydrogen) atoms. The first kappa shape index (κ1) is 51.3. The van der Waals surface area contributed by atoms with E-state index >= 15 is 0 Å². The van der Waals surface area contributed by atoms with E-state index in [-0.39, 0.29) is 35.8 Å². The standard InChI is InChI=1S/C19H36O3S.C18H33Br.BrH.Li/c1-3-4-5-6-7-8-9-10-11-12-13-14-15-16-17-18-19-22-23(2,20)21;1-2-3-4-5-6-7-8-9-10-11-12-13-14-15-16-17-18-19;;/h7-8,10-11H,3-6,9,12-19H2,1-2H3;6-7,9-10H,2-5,8,11-18H2,1H3;1H;/q;;;+1/p-1/b8-7-,11-10-;7-6-,10-9-;;. The maximum atomic E-state index is 10.8. The monoisotopic (exact) mass is 758 g/mol. The van der Waals surface area contributed by atoms with Gasteiger partial charge in [0, 0.05) is 5.33 Å². The fourth-order valence-electron chi connectivity index (χ4n) is 4.38. The Balaban J connectivity index is -0.000000354. The summed E-state index contributed by atoms with van der Waals surface area (Å²) in [7, 11) is -3.26. The maximum Gasteiger partial charge on any atom is 1.00 e. The molecule has 0 amide bonds. The first-order valence-corrected chi connectivity index (χ1v) is 20.4. The largest absolute Gasteiger partial charge is 1.00 e. The first-order chi connectivity index (χ1) is 20.5. The predicted molar refractivity (Wildman–Crippen MR) is 193 cm³/mol. The van der Waals surface area contributed by atoms with E-state index in [1.807, 2.05) is 0 Å². The van der Waals surface area contributed by atoms with E-state index in [2.05, 4.69) is 78.4 Å². The molecule has 0 saturated carbocycles. The van der Waals surface area contributed by atoms with Gasteiger partial charge in [0.05, 0.1) is 12.9 Å². The molecule has 0 spiro atoms. The molecule has 0 aliphatic heterocycles. The topological polar surface area (TPSA) is 43.4 Å². The smallest absolute Gasteiger partial charge is 1.00 e. The van der Waals surface area contributed by atoms with Gasteiger partial charge >= 0.3 is 18.9 Å². The summed E-state index contributed by atoms with van der Waals surface area (Å²) in [6.45, 7) is 4.82. The normalized spacial score (nSPS) is 11.7. The molecule has 256 valence electrons. The van der Waals surface area contributed by atoms with Crippen LogP contribution in [-0.2, 0) is 14.3 Å². The molecule has 0 unspecified atom stereocenters. The third-order valence-electron chi connectivity index (χ3n) is 6.98. The van der Waals surface area contributed by atoms with Gasteiger partial charge in [0.1, 0.15) is 0 Å². The van der Waals surface area contributed by atoms with Crippen LogP contribution in [0.3, 0.4) is 0 Å². The van der Waals surface area contributed by atoms with Gasteiger partial charge in [0.15, 0.2) is 0 Å². The minimum absolute atomic E-state index is 0. The van der Waals surface area contributed by atoms with Gasteiger partial charge in [-0.2, -0.15) is 8.42 Å². The van der Waals surface area contributed by atoms with Crippen molar-refractivity contribution in [1.29, 1.82) is 0 Å². The van der Waals surface area contributed by atoms with E-state index in [9.17, 15) is 8.42 Å². The summed E-state index contributed by atoms with van der Waals surface area (Å²) in [5.74, 6) is 0. The van der Waals surface area contributed by atoms with Crippen molar-refractivity contribution in [2.24, 2.45) is 0 Å². The van der Waals surface area contributed by atoms with Gasteiger partial charge in [-0.3, -0.25) is 4.18 Å². The number of unbranched alkanes of at least 4 members (excludes halogenated alkanes) is 18. The molecule has 0 aliphatic carbocycles. The third-order valence-corrected chi connectivity index (χ3v) is 8.13. The third kappa shape index (κ3) is 54.9. The molecule has 3 nitrogen and oxygen atoms in total. The number of allylic oxidation sites excluding steroid dienone is 8. The SMILES string of the molecule is CCCCC/C=C\C/C=C\CCCCCCCCBr.CCCCC/C=C\C/C=C\CCCCCCCCOS(C)(=O)=O.[Br-].[Li+]. The molecule has 0 radical (unpaired) electrons. The van der Waals surface area contributed by atoms with Crippen LogP contribution < -0.4 is 35.8 Å². The number of rotatable bonds is 30. The Morgan fingerprint density at radius 1 is 0.500 bits per heavy atom. The zero-order valence-corrected chi connectivity index (χ0v) is 33.4. The Morgan fingerprint density at radius 2 is 0.818 bits per heavy atom. The number of hydrogen-bond acceptors (Lipinski definition) is 3. The van der Waals surface area contributed by atoms with Crippen molar-refractivity contribution < 1.29 is 48.4 Å². The number of halogens is 2. The van der Waals surface area contributed by atoms with Crippen molar-refractivity contribution >= 4 is 26.0 Å². The van der Waals surface area contributed by atoms with Crippen LogP contribution in [0.2, 0.25) is 0 Å². The van der Waals surface area contributed by atoms with Crippen molar-refractivity contribution in [3.63, 3.8) is 0 Å². The minimum atomic E-state index is -3.26. The van der Waals surface area contributed by atoms with Crippen molar-refractivity contribution in [2.45, 2.75) is 168 Å². The summed E-state index contributed by atoms with van der Waals surface area (Å²) in [6, 6.07) is 0. The average molecular weight is 761 g/mol. The maximum absolute atomic E-state index is 10.8. The Labute approximate surface area is 307 Å². The van der Waals surface area contributed by atoms with Crippen LogP contribution in [0.1, 0.15) is 168 Å². The Bertz CT molecular complexity index is 737. The van der Waals surface area contributed by atoms with Gasteiger partial charge in [-0.15, -0.1) is 0 Å². The van der Waals surface area contributed by atoms with E-state index < -0.39 is 10.1 Å². The van der Waals surface area contributed by atoms with Crippen LogP contribution in [0, 0.1) is 0 Å². The molecule has 0 fully saturated rings. The molecule has 7 heteroatoms. The molecule has 0 aromatic heterocycles. The molecule has 0 aromatic rings. The van der Waals surface area contributed by atoms with Gasteiger partial charge in [0.25, 0.3) is 10.1 Å². The molecule has 0 N–H and O–H groups in total. The fraction of sp³-hybridized carbons (Fsp3) is 0.784. The first-order valence-electron chi connectivity index (χ1n) is 17.5. The van der Waals surface area contributed by atoms with Crippen LogP contribution in [0.4, 0.5) is 0 Å². The van der Waals surface area contributed by atoms with Crippen molar-refractivity contribution in [1.82, 2.24) is 0 Å². The predicted octanol–water partition coefficient (Wildman–Crippen LogP) is 6.98. The van der Waals surface area contributed by atoms with E-state index in [0.29, 0.717) is 6.61 Å². The van der Waals surface area contributed by atoms with E-state index in [1.54, 1.807) is 0 Å². The molecule has 0 heterocycles. The van der Waals surface area contributed by atoms with E-state index in [4.69, 9.17) is 4.18 Å². The molecule has 0 saturated heterocycles. The van der Waals surface area contributed by atoms with Gasteiger partial charge in [-0.25, -0.2) is 0 Å². The zero-order valence-electron chi connectivity index (χ0n) is 29.4. The Hall–Kier alpha value is 0.427. The second kappa shape index (κ2) is 45.5. The van der Waals surface area contributed by atoms with Gasteiger partial charge in [0.2, 0.25) is 0 Å². The minimum Gasteiger partial charge on any atom is -1.00 e. The summed E-state index contributed by atoms with van der Waals surface area (Å²) < 4.78 is 26.2. The number of alkyl halides is 1. The van der Waals surface area contributed by atoms with Gasteiger partial charge < -0.3 is 17.0 Å². The summed E-state index contributed by atoms with van der Waals surface area (Å²) in [4.78, 5) is 0.